The first-order valence-corrected chi connectivity index (χ1v) is 29.9. The van der Waals surface area contributed by atoms with Crippen LogP contribution in [-0.4, -0.2) is 100 Å². The van der Waals surface area contributed by atoms with E-state index in [2.05, 4.69) is 100 Å². The molecule has 0 bridgehead atoms. The second kappa shape index (κ2) is 42.2. The van der Waals surface area contributed by atoms with Crippen molar-refractivity contribution in [1.82, 2.24) is 0 Å². The first kappa shape index (κ1) is 78.5. The predicted octanol–water partition coefficient (Wildman–Crippen LogP) is 19.9. The zero-order chi connectivity index (χ0) is 55.0. The molecule has 0 saturated carbocycles. The van der Waals surface area contributed by atoms with Crippen LogP contribution in [0.4, 0.5) is 16.2 Å². The number of phenols is 2. The average molecular weight is 1130 g/mol. The van der Waals surface area contributed by atoms with Gasteiger partial charge in [-0.2, -0.15) is 0 Å². The van der Waals surface area contributed by atoms with Crippen LogP contribution in [0.5, 0.6) is 11.5 Å². The Kier molecular flexibility index (Phi) is 42.5. The van der Waals surface area contributed by atoms with E-state index >= 15 is 0 Å². The summed E-state index contributed by atoms with van der Waals surface area (Å²) < 4.78 is 2.54. The Hall–Kier alpha value is -3.70. The number of para-hydroxylation sites is 2. The van der Waals surface area contributed by atoms with Crippen molar-refractivity contribution < 1.29 is 51.0 Å². The minimum absolute atomic E-state index is 0. The zero-order valence-corrected chi connectivity index (χ0v) is 52.8. The molecule has 0 aliphatic rings. The Morgan fingerprint density at radius 2 is 0.718 bits per heavy atom. The second-order valence-electron chi connectivity index (χ2n) is 22.9. The van der Waals surface area contributed by atoms with Gasteiger partial charge in [-0.05, 0) is 148 Å². The molecule has 0 saturated heterocycles. The molecule has 0 fully saturated rings. The Bertz CT molecular complexity index is 2010. The molecule has 0 unspecified atom stereocenters. The van der Waals surface area contributed by atoms with Crippen molar-refractivity contribution >= 4 is 30.0 Å². The number of benzene rings is 3. The van der Waals surface area contributed by atoms with E-state index in [1.54, 1.807) is 0 Å². The van der Waals surface area contributed by atoms with E-state index in [0.717, 1.165) is 59.3 Å². The number of carboxylic acid groups (broad SMARTS) is 2. The summed E-state index contributed by atoms with van der Waals surface area (Å²) in [4.78, 5) is 18.6. The number of hydrogen-bond acceptors (Lipinski definition) is 5. The zero-order valence-electron chi connectivity index (χ0n) is 51.8. The maximum atomic E-state index is 11.7. The van der Waals surface area contributed by atoms with Gasteiger partial charge in [-0.15, -0.1) is 0 Å². The standard InChI is InChI=1S/C64H106N4O2.CH2O3.CH4.2CH3.Co/c1-13-21-35-63(11,36-22-14-2)57-47-53(9)61(69)55(49-57)51-65-59-33-29-30-34-60(59)66-52-56-50-58(48-54(10)62(56)70)64(12,37-31-45-67(39-23-15-3,40-24-16-4)41-25-17-5)38-32-46-68(42-26-18-6,43-27-19-7)44-28-20-8;2-1(3)4;;;;/h29-30,33-34,47-52H,13-28,31-32,35-46H2,1-12H3;(H2,2,3,4);1H4;2*1H3;/q;;;2*-1;/p+2. The summed E-state index contributed by atoms with van der Waals surface area (Å²) in [5.41, 5.74) is 7.35. The van der Waals surface area contributed by atoms with Crippen molar-refractivity contribution in [1.29, 1.82) is 0 Å². The largest absolute Gasteiger partial charge is 0.507 e. The van der Waals surface area contributed by atoms with E-state index in [0.29, 0.717) is 5.75 Å². The number of unbranched alkanes of at least 4 members (excludes halogenated alkanes) is 8. The molecule has 451 valence electrons. The normalized spacial score (nSPS) is 11.8. The van der Waals surface area contributed by atoms with Crippen molar-refractivity contribution in [3.8, 4) is 11.5 Å². The number of aryl methyl sites for hydroxylation is 2. The average Bonchev–Trinajstić information content (AvgIpc) is 3.38. The number of aliphatic imine (C=N–C) groups is 2. The summed E-state index contributed by atoms with van der Waals surface area (Å²) in [6.07, 6.45) is 28.9. The number of phenolic OH excluding ortho intramolecular Hbond substituents is 2. The summed E-state index contributed by atoms with van der Waals surface area (Å²) in [6, 6.07) is 16.9. The van der Waals surface area contributed by atoms with Crippen LogP contribution in [0.25, 0.3) is 0 Å². The van der Waals surface area contributed by atoms with Gasteiger partial charge in [0.25, 0.3) is 0 Å². The molecule has 3 aromatic rings. The van der Waals surface area contributed by atoms with Crippen molar-refractivity contribution in [2.75, 3.05) is 52.4 Å². The molecule has 1 radical (unpaired) electrons. The maximum absolute atomic E-state index is 11.7. The molecule has 78 heavy (non-hydrogen) atoms. The predicted molar refractivity (Wildman–Crippen MR) is 338 cm³/mol. The van der Waals surface area contributed by atoms with Crippen LogP contribution in [0.3, 0.4) is 0 Å². The fourth-order valence-corrected chi connectivity index (χ4v) is 11.3. The molecular weight excluding hydrogens is 1010 g/mol. The van der Waals surface area contributed by atoms with Crippen LogP contribution in [0.15, 0.2) is 58.5 Å². The molecular formula is C68H120CoN4O5. The van der Waals surface area contributed by atoms with Crippen LogP contribution in [0, 0.1) is 28.7 Å². The Labute approximate surface area is 491 Å². The van der Waals surface area contributed by atoms with Crippen molar-refractivity contribution in [2.24, 2.45) is 9.98 Å². The molecule has 0 atom stereocenters. The molecule has 0 spiro atoms. The fraction of sp³-hybridized carbons (Fsp3) is 0.662. The van der Waals surface area contributed by atoms with Gasteiger partial charge >= 0.3 is 6.16 Å². The molecule has 0 heterocycles. The van der Waals surface area contributed by atoms with Crippen molar-refractivity contribution in [2.45, 2.75) is 243 Å². The van der Waals surface area contributed by atoms with Crippen LogP contribution in [-0.2, 0) is 27.6 Å². The van der Waals surface area contributed by atoms with Gasteiger partial charge in [0.05, 0.1) is 63.7 Å². The van der Waals surface area contributed by atoms with Crippen LogP contribution >= 0.6 is 0 Å². The van der Waals surface area contributed by atoms with Crippen LogP contribution in [0.2, 0.25) is 0 Å². The number of rotatable bonds is 38. The molecule has 4 N–H and O–H groups in total. The van der Waals surface area contributed by atoms with Gasteiger partial charge < -0.3 is 44.2 Å². The van der Waals surface area contributed by atoms with Gasteiger partial charge in [0, 0.05) is 40.3 Å². The number of nitrogens with zero attached hydrogens (tertiary/aromatic N) is 4. The van der Waals surface area contributed by atoms with E-state index in [4.69, 9.17) is 25.0 Å². The van der Waals surface area contributed by atoms with Gasteiger partial charge in [-0.1, -0.05) is 165 Å². The summed E-state index contributed by atoms with van der Waals surface area (Å²) in [5, 5.41) is 37.0. The van der Waals surface area contributed by atoms with Gasteiger partial charge in [-0.25, -0.2) is 4.79 Å². The molecule has 0 aliphatic heterocycles. The van der Waals surface area contributed by atoms with E-state index in [1.165, 1.54) is 188 Å². The van der Waals surface area contributed by atoms with Gasteiger partial charge in [0.15, 0.2) is 0 Å². The van der Waals surface area contributed by atoms with E-state index in [1.807, 2.05) is 43.6 Å². The van der Waals surface area contributed by atoms with Crippen molar-refractivity contribution in [3.63, 3.8) is 0 Å². The number of aromatic hydroxyl groups is 2. The smallest absolute Gasteiger partial charge is 0.503 e. The molecule has 0 amide bonds. The first-order chi connectivity index (χ1) is 35.4. The summed E-state index contributed by atoms with van der Waals surface area (Å²) in [7, 11) is 0. The number of carbonyl (C=O) groups is 1. The summed E-state index contributed by atoms with van der Waals surface area (Å²) in [5.74, 6) is 0.577. The third kappa shape index (κ3) is 26.7. The van der Waals surface area contributed by atoms with Crippen LogP contribution in [0.1, 0.15) is 251 Å². The Morgan fingerprint density at radius 3 is 0.974 bits per heavy atom. The Balaban J connectivity index is -0.00000678. The van der Waals surface area contributed by atoms with E-state index in [-0.39, 0.29) is 55.6 Å². The SMILES string of the molecule is C.CCCCC(C)(CCCC)c1cc(C)c(O)c(C=Nc2ccccc2N=Cc2cc(C(C)(CCC[N+](CCCC)(CCCC)CCCC)CCC[N+](CCCC)(CCCC)CCCC)cc(C)c2O)c1.O=C(O)O.[CH3-].[CH3-].[Co]. The summed E-state index contributed by atoms with van der Waals surface area (Å²) >= 11 is 0. The van der Waals surface area contributed by atoms with Crippen molar-refractivity contribution in [3.05, 3.63) is 96.8 Å². The van der Waals surface area contributed by atoms with Gasteiger partial charge in [-0.3, -0.25) is 9.98 Å². The van der Waals surface area contributed by atoms with Gasteiger partial charge in [0.1, 0.15) is 11.5 Å². The monoisotopic (exact) mass is 1130 g/mol. The fourth-order valence-electron chi connectivity index (χ4n) is 11.3. The van der Waals surface area contributed by atoms with Crippen LogP contribution < -0.4 is 0 Å². The molecule has 0 aliphatic carbocycles. The third-order valence-corrected chi connectivity index (χ3v) is 16.4. The molecule has 9 nitrogen and oxygen atoms in total. The molecule has 3 rings (SSSR count). The molecule has 10 heteroatoms. The molecule has 0 aromatic heterocycles. The summed E-state index contributed by atoms with van der Waals surface area (Å²) in [6.45, 7) is 38.0. The van der Waals surface area contributed by atoms with E-state index in [9.17, 15) is 10.2 Å². The maximum Gasteiger partial charge on any atom is 0.503 e. The van der Waals surface area contributed by atoms with E-state index < -0.39 is 6.16 Å². The number of hydrogen-bond donors (Lipinski definition) is 4. The number of quaternary nitrogens is 2. The Morgan fingerprint density at radius 1 is 0.474 bits per heavy atom. The van der Waals surface area contributed by atoms with Gasteiger partial charge in [0.2, 0.25) is 0 Å². The topological polar surface area (TPSA) is 123 Å². The third-order valence-electron chi connectivity index (χ3n) is 16.4. The second-order valence-corrected chi connectivity index (χ2v) is 22.9. The first-order valence-electron chi connectivity index (χ1n) is 29.9. The quantitative estimate of drug-likeness (QED) is 0.0259. The minimum atomic E-state index is -1.83. The molecule has 3 aromatic carbocycles. The minimum Gasteiger partial charge on any atom is -0.507 e.